The van der Waals surface area contributed by atoms with Crippen molar-refractivity contribution in [3.05, 3.63) is 71.8 Å². The molecule has 126 valence electrons. The van der Waals surface area contributed by atoms with E-state index in [0.29, 0.717) is 26.1 Å². The Balaban J connectivity index is 1.47. The molecule has 1 fully saturated rings. The van der Waals surface area contributed by atoms with Crippen molar-refractivity contribution in [3.63, 3.8) is 0 Å². The number of hydrogen-bond donors (Lipinski definition) is 1. The molecule has 1 heterocycles. The maximum absolute atomic E-state index is 12.1. The number of likely N-dealkylation sites (tertiary alicyclic amines) is 1. The summed E-state index contributed by atoms with van der Waals surface area (Å²) in [5.74, 6) is 5.38. The van der Waals surface area contributed by atoms with Crippen LogP contribution in [0, 0.1) is 17.8 Å². The molecule has 1 atom stereocenters. The van der Waals surface area contributed by atoms with Crippen LogP contribution in [-0.4, -0.2) is 29.8 Å². The molecule has 0 spiro atoms. The third-order valence-electron chi connectivity index (χ3n) is 4.16. The highest BCUT2D eigenvalue weighted by molar-refractivity contribution is 5.94. The number of benzene rings is 2. The number of carbonyl (C=O) groups is 2. The minimum Gasteiger partial charge on any atom is -0.345 e. The highest BCUT2D eigenvalue weighted by Gasteiger charge is 2.29. The lowest BCUT2D eigenvalue weighted by Crippen LogP contribution is -2.30. The number of carbonyl (C=O) groups excluding carboxylic acids is 2. The van der Waals surface area contributed by atoms with Crippen LogP contribution in [0.3, 0.4) is 0 Å². The molecule has 4 heteroatoms. The Kier molecular flexibility index (Phi) is 5.48. The van der Waals surface area contributed by atoms with Crippen molar-refractivity contribution in [2.24, 2.45) is 5.92 Å². The van der Waals surface area contributed by atoms with Crippen molar-refractivity contribution in [2.75, 3.05) is 13.1 Å². The third-order valence-corrected chi connectivity index (χ3v) is 4.16. The SMILES string of the molecule is O=C(C#Cc1ccccc1)NC[C@H]1CC(=O)N(Cc2ccccc2)C1. The van der Waals surface area contributed by atoms with E-state index in [9.17, 15) is 9.59 Å². The van der Waals surface area contributed by atoms with Gasteiger partial charge in [-0.05, 0) is 17.7 Å². The zero-order valence-electron chi connectivity index (χ0n) is 13.9. The van der Waals surface area contributed by atoms with Crippen LogP contribution in [0.25, 0.3) is 0 Å². The Hall–Kier alpha value is -3.06. The second kappa shape index (κ2) is 8.16. The molecular weight excluding hydrogens is 312 g/mol. The Bertz CT molecular complexity index is 791. The van der Waals surface area contributed by atoms with Gasteiger partial charge in [0, 0.05) is 43.5 Å². The first-order chi connectivity index (χ1) is 12.2. The lowest BCUT2D eigenvalue weighted by molar-refractivity contribution is -0.128. The average molecular weight is 332 g/mol. The number of amides is 2. The summed E-state index contributed by atoms with van der Waals surface area (Å²) in [6.07, 6.45) is 0.471. The second-order valence-electron chi connectivity index (χ2n) is 6.16. The Morgan fingerprint density at radius 3 is 2.48 bits per heavy atom. The molecule has 2 aromatic carbocycles. The minimum atomic E-state index is -0.308. The monoisotopic (exact) mass is 332 g/mol. The molecule has 0 unspecified atom stereocenters. The predicted molar refractivity (Wildman–Crippen MR) is 96.3 cm³/mol. The molecule has 3 rings (SSSR count). The lowest BCUT2D eigenvalue weighted by atomic mass is 10.1. The fraction of sp³-hybridized carbons (Fsp3) is 0.238. The van der Waals surface area contributed by atoms with Gasteiger partial charge in [-0.1, -0.05) is 54.5 Å². The molecule has 0 aromatic heterocycles. The topological polar surface area (TPSA) is 49.4 Å². The van der Waals surface area contributed by atoms with Crippen molar-refractivity contribution in [1.82, 2.24) is 10.2 Å². The van der Waals surface area contributed by atoms with Crippen molar-refractivity contribution < 1.29 is 9.59 Å². The number of nitrogens with one attached hydrogen (secondary N) is 1. The summed E-state index contributed by atoms with van der Waals surface area (Å²) >= 11 is 0. The van der Waals surface area contributed by atoms with Crippen LogP contribution in [0.1, 0.15) is 17.5 Å². The van der Waals surface area contributed by atoms with Crippen LogP contribution < -0.4 is 5.32 Å². The van der Waals surface area contributed by atoms with Gasteiger partial charge in [0.2, 0.25) is 5.91 Å². The molecule has 0 radical (unpaired) electrons. The van der Waals surface area contributed by atoms with Gasteiger partial charge in [0.1, 0.15) is 0 Å². The van der Waals surface area contributed by atoms with E-state index in [1.165, 1.54) is 0 Å². The summed E-state index contributed by atoms with van der Waals surface area (Å²) in [6.45, 7) is 1.76. The summed E-state index contributed by atoms with van der Waals surface area (Å²) in [5.41, 5.74) is 1.93. The van der Waals surface area contributed by atoms with E-state index < -0.39 is 0 Å². The average Bonchev–Trinajstić information content (AvgIpc) is 2.99. The number of nitrogens with zero attached hydrogens (tertiary/aromatic N) is 1. The van der Waals surface area contributed by atoms with E-state index in [0.717, 1.165) is 11.1 Å². The Labute approximate surface area is 147 Å². The summed E-state index contributed by atoms with van der Waals surface area (Å²) in [7, 11) is 0. The Morgan fingerprint density at radius 2 is 1.76 bits per heavy atom. The second-order valence-corrected chi connectivity index (χ2v) is 6.16. The zero-order valence-corrected chi connectivity index (χ0v) is 13.9. The maximum Gasteiger partial charge on any atom is 0.296 e. The van der Waals surface area contributed by atoms with Gasteiger partial charge in [-0.2, -0.15) is 0 Å². The summed E-state index contributed by atoms with van der Waals surface area (Å²) in [6, 6.07) is 19.3. The van der Waals surface area contributed by atoms with E-state index in [1.54, 1.807) is 0 Å². The van der Waals surface area contributed by atoms with Crippen molar-refractivity contribution in [2.45, 2.75) is 13.0 Å². The largest absolute Gasteiger partial charge is 0.345 e. The van der Waals surface area contributed by atoms with Gasteiger partial charge in [-0.25, -0.2) is 0 Å². The fourth-order valence-corrected chi connectivity index (χ4v) is 2.88. The fourth-order valence-electron chi connectivity index (χ4n) is 2.88. The molecule has 0 aliphatic carbocycles. The summed E-state index contributed by atoms with van der Waals surface area (Å²) in [4.78, 5) is 25.8. The molecule has 4 nitrogen and oxygen atoms in total. The van der Waals surface area contributed by atoms with Gasteiger partial charge in [0.15, 0.2) is 0 Å². The lowest BCUT2D eigenvalue weighted by Gasteiger charge is -2.16. The van der Waals surface area contributed by atoms with Crippen molar-refractivity contribution in [1.29, 1.82) is 0 Å². The normalized spacial score (nSPS) is 16.2. The van der Waals surface area contributed by atoms with Gasteiger partial charge in [-0.15, -0.1) is 0 Å². The molecule has 1 saturated heterocycles. The van der Waals surface area contributed by atoms with Crippen LogP contribution in [0.5, 0.6) is 0 Å². The quantitative estimate of drug-likeness (QED) is 0.873. The van der Waals surface area contributed by atoms with Gasteiger partial charge < -0.3 is 10.2 Å². The maximum atomic E-state index is 12.1. The molecular formula is C21H20N2O2. The molecule has 25 heavy (non-hydrogen) atoms. The molecule has 2 amide bonds. The molecule has 0 bridgehead atoms. The first kappa shape index (κ1) is 16.8. The van der Waals surface area contributed by atoms with Gasteiger partial charge in [0.25, 0.3) is 5.91 Å². The van der Waals surface area contributed by atoms with E-state index in [2.05, 4.69) is 17.2 Å². The molecule has 0 saturated carbocycles. The van der Waals surface area contributed by atoms with Crippen LogP contribution in [0.15, 0.2) is 60.7 Å². The number of rotatable bonds is 4. The van der Waals surface area contributed by atoms with Crippen LogP contribution >= 0.6 is 0 Å². The zero-order chi connectivity index (χ0) is 17.5. The summed E-state index contributed by atoms with van der Waals surface area (Å²) < 4.78 is 0. The molecule has 1 aliphatic rings. The van der Waals surface area contributed by atoms with E-state index in [-0.39, 0.29) is 17.7 Å². The van der Waals surface area contributed by atoms with Crippen molar-refractivity contribution >= 4 is 11.8 Å². The van der Waals surface area contributed by atoms with Gasteiger partial charge >= 0.3 is 0 Å². The van der Waals surface area contributed by atoms with Crippen LogP contribution in [-0.2, 0) is 16.1 Å². The van der Waals surface area contributed by atoms with E-state index >= 15 is 0 Å². The first-order valence-electron chi connectivity index (χ1n) is 8.37. The third kappa shape index (κ3) is 4.95. The molecule has 2 aromatic rings. The molecule has 1 N–H and O–H groups in total. The van der Waals surface area contributed by atoms with Gasteiger partial charge in [-0.3, -0.25) is 9.59 Å². The standard InChI is InChI=1S/C21H20N2O2/c24-20(12-11-17-7-3-1-4-8-17)22-14-19-13-21(25)23(16-19)15-18-9-5-2-6-10-18/h1-10,19H,13-16H2,(H,22,24)/t19-/m1/s1. The number of hydrogen-bond acceptors (Lipinski definition) is 2. The minimum absolute atomic E-state index is 0.137. The van der Waals surface area contributed by atoms with Gasteiger partial charge in [0.05, 0.1) is 0 Å². The van der Waals surface area contributed by atoms with Crippen LogP contribution in [0.2, 0.25) is 0 Å². The predicted octanol–water partition coefficient (Wildman–Crippen LogP) is 2.20. The summed E-state index contributed by atoms with van der Waals surface area (Å²) in [5, 5.41) is 2.81. The van der Waals surface area contributed by atoms with Crippen molar-refractivity contribution in [3.8, 4) is 11.8 Å². The smallest absolute Gasteiger partial charge is 0.296 e. The van der Waals surface area contributed by atoms with E-state index in [1.807, 2.05) is 65.6 Å². The highest BCUT2D eigenvalue weighted by atomic mass is 16.2. The first-order valence-corrected chi connectivity index (χ1v) is 8.37. The van der Waals surface area contributed by atoms with Crippen LogP contribution in [0.4, 0.5) is 0 Å². The highest BCUT2D eigenvalue weighted by Crippen LogP contribution is 2.19. The molecule has 1 aliphatic heterocycles. The Morgan fingerprint density at radius 1 is 1.08 bits per heavy atom. The van der Waals surface area contributed by atoms with E-state index in [4.69, 9.17) is 0 Å².